The fraction of sp³-hybridized carbons (Fsp3) is 0.933. The molecule has 3 aliphatic rings. The summed E-state index contributed by atoms with van der Waals surface area (Å²) in [6.45, 7) is 4.17. The molecule has 0 spiro atoms. The molecule has 1 amide bonds. The van der Waals surface area contributed by atoms with Crippen molar-refractivity contribution in [2.24, 2.45) is 11.8 Å². The van der Waals surface area contributed by atoms with Crippen molar-refractivity contribution in [3.63, 3.8) is 0 Å². The third-order valence-corrected chi connectivity index (χ3v) is 5.43. The molecule has 4 heteroatoms. The third kappa shape index (κ3) is 2.40. The summed E-state index contributed by atoms with van der Waals surface area (Å²) in [6.07, 6.45) is 5.97. The van der Waals surface area contributed by atoms with E-state index in [0.29, 0.717) is 6.61 Å². The van der Waals surface area contributed by atoms with Gasteiger partial charge in [-0.05, 0) is 32.6 Å². The van der Waals surface area contributed by atoms with Crippen LogP contribution in [0.4, 0.5) is 0 Å². The Hall–Kier alpha value is -0.610. The molecule has 0 radical (unpaired) electrons. The van der Waals surface area contributed by atoms with Gasteiger partial charge >= 0.3 is 0 Å². The van der Waals surface area contributed by atoms with Crippen molar-refractivity contribution in [1.82, 2.24) is 4.90 Å². The lowest BCUT2D eigenvalue weighted by atomic mass is 9.71. The molecule has 4 nitrogen and oxygen atoms in total. The minimum absolute atomic E-state index is 0.0368. The Morgan fingerprint density at radius 3 is 2.89 bits per heavy atom. The second kappa shape index (κ2) is 5.06. The van der Waals surface area contributed by atoms with E-state index in [9.17, 15) is 9.90 Å². The SMILES string of the molecule is CC1OCCC1C(=O)N1CCC2(O)CCCCC2C1. The number of carbonyl (C=O) groups is 1. The first-order valence-electron chi connectivity index (χ1n) is 7.73. The Morgan fingerprint density at radius 2 is 2.16 bits per heavy atom. The Morgan fingerprint density at radius 1 is 1.32 bits per heavy atom. The van der Waals surface area contributed by atoms with Crippen LogP contribution in [0.1, 0.15) is 45.4 Å². The number of carbonyl (C=O) groups excluding carboxylic acids is 1. The van der Waals surface area contributed by atoms with E-state index in [1.165, 1.54) is 6.42 Å². The average molecular weight is 267 g/mol. The van der Waals surface area contributed by atoms with Gasteiger partial charge in [0, 0.05) is 25.6 Å². The van der Waals surface area contributed by atoms with Crippen LogP contribution in [0.5, 0.6) is 0 Å². The van der Waals surface area contributed by atoms with Crippen molar-refractivity contribution in [2.45, 2.75) is 57.2 Å². The molecular weight excluding hydrogens is 242 g/mol. The van der Waals surface area contributed by atoms with Crippen molar-refractivity contribution >= 4 is 5.91 Å². The zero-order chi connectivity index (χ0) is 13.5. The molecule has 2 saturated heterocycles. The number of rotatable bonds is 1. The molecule has 4 atom stereocenters. The van der Waals surface area contributed by atoms with Crippen LogP contribution in [0, 0.1) is 11.8 Å². The number of hydrogen-bond acceptors (Lipinski definition) is 3. The highest BCUT2D eigenvalue weighted by atomic mass is 16.5. The van der Waals surface area contributed by atoms with E-state index in [1.54, 1.807) is 0 Å². The van der Waals surface area contributed by atoms with Crippen molar-refractivity contribution < 1.29 is 14.6 Å². The van der Waals surface area contributed by atoms with E-state index in [2.05, 4.69) is 0 Å². The third-order valence-electron chi connectivity index (χ3n) is 5.43. The van der Waals surface area contributed by atoms with Gasteiger partial charge in [0.15, 0.2) is 0 Å². The highest BCUT2D eigenvalue weighted by molar-refractivity contribution is 5.79. The maximum atomic E-state index is 12.6. The van der Waals surface area contributed by atoms with Gasteiger partial charge in [-0.2, -0.15) is 0 Å². The van der Waals surface area contributed by atoms with Gasteiger partial charge in [-0.1, -0.05) is 12.8 Å². The van der Waals surface area contributed by atoms with Crippen LogP contribution >= 0.6 is 0 Å². The summed E-state index contributed by atoms with van der Waals surface area (Å²) in [4.78, 5) is 14.5. The van der Waals surface area contributed by atoms with Crippen LogP contribution in [0.25, 0.3) is 0 Å². The second-order valence-corrected chi connectivity index (χ2v) is 6.55. The van der Waals surface area contributed by atoms with Crippen LogP contribution in [0.2, 0.25) is 0 Å². The van der Waals surface area contributed by atoms with Crippen LogP contribution in [0.15, 0.2) is 0 Å². The summed E-state index contributed by atoms with van der Waals surface area (Å²) in [5, 5.41) is 10.6. The molecule has 1 aliphatic carbocycles. The zero-order valence-electron chi connectivity index (χ0n) is 11.8. The van der Waals surface area contributed by atoms with E-state index in [-0.39, 0.29) is 23.8 Å². The smallest absolute Gasteiger partial charge is 0.228 e. The van der Waals surface area contributed by atoms with E-state index in [4.69, 9.17) is 4.74 Å². The number of ether oxygens (including phenoxy) is 1. The first-order valence-corrected chi connectivity index (χ1v) is 7.73. The lowest BCUT2D eigenvalue weighted by molar-refractivity contribution is -0.148. The van der Waals surface area contributed by atoms with Gasteiger partial charge in [-0.3, -0.25) is 4.79 Å². The fourth-order valence-electron chi connectivity index (χ4n) is 4.06. The minimum atomic E-state index is -0.493. The Bertz CT molecular complexity index is 359. The van der Waals surface area contributed by atoms with Crippen molar-refractivity contribution in [2.75, 3.05) is 19.7 Å². The van der Waals surface area contributed by atoms with Crippen LogP contribution < -0.4 is 0 Å². The molecule has 1 saturated carbocycles. The lowest BCUT2D eigenvalue weighted by Crippen LogP contribution is -2.56. The fourth-order valence-corrected chi connectivity index (χ4v) is 4.06. The molecule has 19 heavy (non-hydrogen) atoms. The van der Waals surface area contributed by atoms with Gasteiger partial charge in [0.05, 0.1) is 17.6 Å². The molecule has 3 rings (SSSR count). The standard InChI is InChI=1S/C15H25NO3/c1-11-13(5-9-19-11)14(17)16-8-7-15(18)6-3-2-4-12(15)10-16/h11-13,18H,2-10H2,1H3. The van der Waals surface area contributed by atoms with Gasteiger partial charge in [0.25, 0.3) is 0 Å². The molecule has 1 N–H and O–H groups in total. The molecular formula is C15H25NO3. The van der Waals surface area contributed by atoms with Crippen LogP contribution in [0.3, 0.4) is 0 Å². The largest absolute Gasteiger partial charge is 0.389 e. The summed E-state index contributed by atoms with van der Waals surface area (Å²) in [5.41, 5.74) is -0.493. The lowest BCUT2D eigenvalue weighted by Gasteiger charge is -2.47. The summed E-state index contributed by atoms with van der Waals surface area (Å²) in [5.74, 6) is 0.573. The van der Waals surface area contributed by atoms with E-state index in [0.717, 1.165) is 45.2 Å². The van der Waals surface area contributed by atoms with Gasteiger partial charge in [-0.25, -0.2) is 0 Å². The van der Waals surface area contributed by atoms with E-state index < -0.39 is 5.60 Å². The minimum Gasteiger partial charge on any atom is -0.389 e. The maximum Gasteiger partial charge on any atom is 0.228 e. The van der Waals surface area contributed by atoms with Gasteiger partial charge in [0.2, 0.25) is 5.91 Å². The van der Waals surface area contributed by atoms with Crippen LogP contribution in [-0.4, -0.2) is 47.3 Å². The predicted octanol–water partition coefficient (Wildman–Crippen LogP) is 1.56. The molecule has 4 unspecified atom stereocenters. The summed E-state index contributed by atoms with van der Waals surface area (Å²) in [6, 6.07) is 0. The highest BCUT2D eigenvalue weighted by Crippen LogP contribution is 2.40. The molecule has 0 aromatic heterocycles. The summed E-state index contributed by atoms with van der Waals surface area (Å²) in [7, 11) is 0. The summed E-state index contributed by atoms with van der Waals surface area (Å²) < 4.78 is 5.51. The maximum absolute atomic E-state index is 12.6. The van der Waals surface area contributed by atoms with E-state index >= 15 is 0 Å². The molecule has 2 heterocycles. The second-order valence-electron chi connectivity index (χ2n) is 6.55. The zero-order valence-corrected chi connectivity index (χ0v) is 11.8. The van der Waals surface area contributed by atoms with E-state index in [1.807, 2.05) is 11.8 Å². The highest BCUT2D eigenvalue weighted by Gasteiger charge is 2.45. The summed E-state index contributed by atoms with van der Waals surface area (Å²) >= 11 is 0. The Labute approximate surface area is 115 Å². The normalized spacial score (nSPS) is 43.1. The number of piperidine rings is 1. The molecule has 3 fully saturated rings. The van der Waals surface area contributed by atoms with Gasteiger partial charge in [-0.15, -0.1) is 0 Å². The van der Waals surface area contributed by atoms with Crippen molar-refractivity contribution in [3.8, 4) is 0 Å². The molecule has 0 aromatic carbocycles. The van der Waals surface area contributed by atoms with Crippen LogP contribution in [-0.2, 0) is 9.53 Å². The van der Waals surface area contributed by atoms with Gasteiger partial charge < -0.3 is 14.7 Å². The number of aliphatic hydroxyl groups is 1. The molecule has 2 aliphatic heterocycles. The first kappa shape index (κ1) is 13.4. The number of likely N-dealkylation sites (tertiary alicyclic amines) is 1. The number of amides is 1. The number of fused-ring (bicyclic) bond motifs is 1. The average Bonchev–Trinajstić information content (AvgIpc) is 2.83. The quantitative estimate of drug-likeness (QED) is 0.784. The topological polar surface area (TPSA) is 49.8 Å². The molecule has 0 aromatic rings. The van der Waals surface area contributed by atoms with Crippen molar-refractivity contribution in [3.05, 3.63) is 0 Å². The Kier molecular flexibility index (Phi) is 3.56. The monoisotopic (exact) mass is 267 g/mol. The van der Waals surface area contributed by atoms with Gasteiger partial charge in [0.1, 0.15) is 0 Å². The predicted molar refractivity (Wildman–Crippen MR) is 71.6 cm³/mol. The molecule has 108 valence electrons. The Balaban J connectivity index is 1.65. The molecule has 0 bridgehead atoms. The first-order chi connectivity index (χ1) is 9.10. The number of hydrogen-bond donors (Lipinski definition) is 1. The number of nitrogens with zero attached hydrogens (tertiary/aromatic N) is 1. The van der Waals surface area contributed by atoms with Crippen molar-refractivity contribution in [1.29, 1.82) is 0 Å².